The number of rotatable bonds is 6. The number of tetrazole rings is 1. The van der Waals surface area contributed by atoms with E-state index >= 15 is 0 Å². The van der Waals surface area contributed by atoms with Crippen molar-refractivity contribution in [2.45, 2.75) is 12.7 Å². The first-order valence-electron chi connectivity index (χ1n) is 8.11. The number of amides is 1. The van der Waals surface area contributed by atoms with Gasteiger partial charge in [-0.1, -0.05) is 12.1 Å². The number of anilines is 2. The first-order chi connectivity index (χ1) is 13.3. The molecule has 2 aromatic carbocycles. The van der Waals surface area contributed by atoms with Gasteiger partial charge in [0.1, 0.15) is 0 Å². The molecule has 0 radical (unpaired) electrons. The highest BCUT2D eigenvalue weighted by Gasteiger charge is 2.29. The monoisotopic (exact) mass is 392 g/mol. The van der Waals surface area contributed by atoms with Crippen LogP contribution < -0.4 is 10.6 Å². The van der Waals surface area contributed by atoms with Gasteiger partial charge in [-0.3, -0.25) is 0 Å². The topological polar surface area (TPSA) is 105 Å². The minimum atomic E-state index is -4.39. The molecule has 0 saturated carbocycles. The van der Waals surface area contributed by atoms with Crippen molar-refractivity contribution in [1.29, 1.82) is 0 Å². The molecule has 1 amide bonds. The summed E-state index contributed by atoms with van der Waals surface area (Å²) in [6.07, 6.45) is -5.54. The lowest BCUT2D eigenvalue weighted by molar-refractivity contribution is -0.137. The molecule has 0 atom stereocenters. The van der Waals surface area contributed by atoms with Gasteiger partial charge in [-0.15, -0.1) is 10.2 Å². The van der Waals surface area contributed by atoms with E-state index in [0.717, 1.165) is 12.1 Å². The molecule has 0 fully saturated rings. The lowest BCUT2D eigenvalue weighted by Gasteiger charge is -2.11. The molecule has 0 unspecified atom stereocenters. The summed E-state index contributed by atoms with van der Waals surface area (Å²) in [7, 11) is 0. The van der Waals surface area contributed by atoms with Crippen molar-refractivity contribution in [2.24, 2.45) is 0 Å². The third kappa shape index (κ3) is 4.75. The molecular formula is C17H15F3N6O2. The number of carbonyl (C=O) groups is 1. The van der Waals surface area contributed by atoms with E-state index in [1.807, 2.05) is 0 Å². The molecule has 1 aromatic heterocycles. The molecule has 0 bridgehead atoms. The molecule has 3 aromatic rings. The van der Waals surface area contributed by atoms with Crippen LogP contribution in [-0.2, 0) is 12.7 Å². The molecule has 8 nitrogen and oxygen atoms in total. The summed E-state index contributed by atoms with van der Waals surface area (Å²) in [4.78, 5) is 11.7. The van der Waals surface area contributed by atoms with Gasteiger partial charge in [0.05, 0.1) is 12.1 Å². The third-order valence-electron chi connectivity index (χ3n) is 3.70. The fourth-order valence-corrected chi connectivity index (χ4v) is 2.39. The molecule has 1 heterocycles. The summed E-state index contributed by atoms with van der Waals surface area (Å²) < 4.78 is 38.1. The van der Waals surface area contributed by atoms with Crippen LogP contribution in [0.15, 0.2) is 48.5 Å². The van der Waals surface area contributed by atoms with E-state index in [4.69, 9.17) is 5.11 Å². The van der Waals surface area contributed by atoms with Gasteiger partial charge in [0, 0.05) is 23.5 Å². The Bertz CT molecular complexity index is 956. The first-order valence-corrected chi connectivity index (χ1v) is 8.11. The van der Waals surface area contributed by atoms with Crippen LogP contribution in [0.2, 0.25) is 0 Å². The number of benzene rings is 2. The number of para-hydroxylation sites is 1. The smallest absolute Gasteiger partial charge is 0.416 e. The SMILES string of the molecule is O=C(O)NCCn1nnc(-c2ccccc2Nc2ccc(C(F)(F)F)cc2)n1. The molecule has 146 valence electrons. The minimum Gasteiger partial charge on any atom is -0.465 e. The van der Waals surface area contributed by atoms with Crippen LogP contribution in [0.5, 0.6) is 0 Å². The number of carboxylic acid groups (broad SMARTS) is 1. The van der Waals surface area contributed by atoms with Gasteiger partial charge in [0.15, 0.2) is 0 Å². The van der Waals surface area contributed by atoms with Crippen LogP contribution in [0.25, 0.3) is 11.4 Å². The van der Waals surface area contributed by atoms with Crippen LogP contribution in [0.4, 0.5) is 29.3 Å². The maximum absolute atomic E-state index is 12.7. The summed E-state index contributed by atoms with van der Waals surface area (Å²) in [6.45, 7) is 0.324. The molecule has 3 rings (SSSR count). The zero-order valence-corrected chi connectivity index (χ0v) is 14.3. The second-order valence-corrected chi connectivity index (χ2v) is 5.69. The Kier molecular flexibility index (Phi) is 5.43. The number of aromatic nitrogens is 4. The Labute approximate surface area is 157 Å². The third-order valence-corrected chi connectivity index (χ3v) is 3.70. The average Bonchev–Trinajstić information content (AvgIpc) is 3.10. The Morgan fingerprint density at radius 2 is 1.82 bits per heavy atom. The van der Waals surface area contributed by atoms with Gasteiger partial charge < -0.3 is 15.7 Å². The Hall–Kier alpha value is -3.63. The van der Waals surface area contributed by atoms with E-state index in [9.17, 15) is 18.0 Å². The van der Waals surface area contributed by atoms with Gasteiger partial charge in [0.2, 0.25) is 5.82 Å². The summed E-state index contributed by atoms with van der Waals surface area (Å²) in [6, 6.07) is 11.7. The van der Waals surface area contributed by atoms with E-state index in [1.165, 1.54) is 16.9 Å². The van der Waals surface area contributed by atoms with E-state index in [2.05, 4.69) is 26.0 Å². The first kappa shape index (κ1) is 19.1. The maximum Gasteiger partial charge on any atom is 0.416 e. The van der Waals surface area contributed by atoms with Gasteiger partial charge in [-0.2, -0.15) is 18.0 Å². The molecule has 0 aliphatic heterocycles. The summed E-state index contributed by atoms with van der Waals surface area (Å²) >= 11 is 0. The van der Waals surface area contributed by atoms with Crippen molar-refractivity contribution < 1.29 is 23.1 Å². The molecule has 0 aliphatic rings. The van der Waals surface area contributed by atoms with Crippen LogP contribution >= 0.6 is 0 Å². The lowest BCUT2D eigenvalue weighted by atomic mass is 10.1. The molecule has 3 N–H and O–H groups in total. The van der Waals surface area contributed by atoms with Gasteiger partial charge in [0.25, 0.3) is 0 Å². The fourth-order valence-electron chi connectivity index (χ4n) is 2.39. The Morgan fingerprint density at radius 1 is 1.11 bits per heavy atom. The van der Waals surface area contributed by atoms with Crippen molar-refractivity contribution in [1.82, 2.24) is 25.5 Å². The van der Waals surface area contributed by atoms with E-state index < -0.39 is 17.8 Å². The molecule has 11 heteroatoms. The Balaban J connectivity index is 1.76. The standard InChI is InChI=1S/C17H15F3N6O2/c18-17(19,20)11-5-7-12(8-6-11)22-14-4-2-1-3-13(14)15-23-25-26(24-15)10-9-21-16(27)28/h1-8,21-22H,9-10H2,(H,27,28). The average molecular weight is 392 g/mol. The van der Waals surface area contributed by atoms with Crippen molar-refractivity contribution in [3.05, 3.63) is 54.1 Å². The molecular weight excluding hydrogens is 377 g/mol. The van der Waals surface area contributed by atoms with Crippen molar-refractivity contribution >= 4 is 17.5 Å². The number of halogens is 3. The predicted molar refractivity (Wildman–Crippen MR) is 94.0 cm³/mol. The molecule has 28 heavy (non-hydrogen) atoms. The number of alkyl halides is 3. The molecule has 0 saturated heterocycles. The van der Waals surface area contributed by atoms with Gasteiger partial charge in [-0.25, -0.2) is 4.79 Å². The van der Waals surface area contributed by atoms with Crippen LogP contribution in [0.1, 0.15) is 5.56 Å². The summed E-state index contributed by atoms with van der Waals surface area (Å²) in [5, 5.41) is 25.8. The molecule has 0 spiro atoms. The zero-order valence-electron chi connectivity index (χ0n) is 14.3. The normalized spacial score (nSPS) is 11.2. The van der Waals surface area contributed by atoms with Crippen molar-refractivity contribution in [3.63, 3.8) is 0 Å². The quantitative estimate of drug-likeness (QED) is 0.594. The highest BCUT2D eigenvalue weighted by Crippen LogP contribution is 2.32. The lowest BCUT2D eigenvalue weighted by Crippen LogP contribution is -2.25. The summed E-state index contributed by atoms with van der Waals surface area (Å²) in [5.41, 5.74) is 0.926. The predicted octanol–water partition coefficient (Wildman–Crippen LogP) is 3.37. The maximum atomic E-state index is 12.7. The van der Waals surface area contributed by atoms with E-state index in [-0.39, 0.29) is 13.1 Å². The van der Waals surface area contributed by atoms with Crippen LogP contribution in [0, 0.1) is 0 Å². The van der Waals surface area contributed by atoms with E-state index in [1.54, 1.807) is 24.3 Å². The van der Waals surface area contributed by atoms with Crippen molar-refractivity contribution in [2.75, 3.05) is 11.9 Å². The van der Waals surface area contributed by atoms with Crippen LogP contribution in [0.3, 0.4) is 0 Å². The van der Waals surface area contributed by atoms with E-state index in [0.29, 0.717) is 22.8 Å². The fraction of sp³-hybridized carbons (Fsp3) is 0.176. The number of nitrogens with one attached hydrogen (secondary N) is 2. The van der Waals surface area contributed by atoms with Crippen molar-refractivity contribution in [3.8, 4) is 11.4 Å². The zero-order chi connectivity index (χ0) is 20.1. The van der Waals surface area contributed by atoms with Gasteiger partial charge in [-0.05, 0) is 41.6 Å². The highest BCUT2D eigenvalue weighted by atomic mass is 19.4. The highest BCUT2D eigenvalue weighted by molar-refractivity contribution is 5.77. The van der Waals surface area contributed by atoms with Gasteiger partial charge >= 0.3 is 12.3 Å². The largest absolute Gasteiger partial charge is 0.465 e. The number of hydrogen-bond acceptors (Lipinski definition) is 5. The summed E-state index contributed by atoms with van der Waals surface area (Å²) in [5.74, 6) is 0.297. The Morgan fingerprint density at radius 3 is 2.50 bits per heavy atom. The number of hydrogen-bond donors (Lipinski definition) is 3. The molecule has 0 aliphatic carbocycles. The minimum absolute atomic E-state index is 0.122. The van der Waals surface area contributed by atoms with Crippen LogP contribution in [-0.4, -0.2) is 38.0 Å². The second kappa shape index (κ2) is 7.94. The second-order valence-electron chi connectivity index (χ2n) is 5.69. The number of nitrogens with zero attached hydrogens (tertiary/aromatic N) is 4.